The van der Waals surface area contributed by atoms with Gasteiger partial charge in [0.25, 0.3) is 5.91 Å². The van der Waals surface area contributed by atoms with Crippen molar-refractivity contribution >= 4 is 11.9 Å². The summed E-state index contributed by atoms with van der Waals surface area (Å²) < 4.78 is 4.98. The number of benzene rings is 2. The van der Waals surface area contributed by atoms with Gasteiger partial charge in [-0.2, -0.15) is 0 Å². The predicted octanol–water partition coefficient (Wildman–Crippen LogP) is 3.10. The van der Waals surface area contributed by atoms with Crippen LogP contribution in [0, 0.1) is 0 Å². The normalized spacial score (nSPS) is 11.5. The zero-order chi connectivity index (χ0) is 15.2. The number of hydrogen-bond acceptors (Lipinski definition) is 3. The molecular formula is C17H17NO3. The number of carbonyl (C=O) groups is 2. The topological polar surface area (TPSA) is 55.4 Å². The van der Waals surface area contributed by atoms with Crippen LogP contribution in [0.1, 0.15) is 35.8 Å². The van der Waals surface area contributed by atoms with Crippen LogP contribution >= 0.6 is 0 Å². The summed E-state index contributed by atoms with van der Waals surface area (Å²) in [5, 5.41) is 2.91. The van der Waals surface area contributed by atoms with E-state index in [1.165, 1.54) is 6.92 Å². The molecule has 0 bridgehead atoms. The lowest BCUT2D eigenvalue weighted by molar-refractivity contribution is -0.131. The summed E-state index contributed by atoms with van der Waals surface area (Å²) in [4.78, 5) is 23.1. The van der Waals surface area contributed by atoms with Crippen LogP contribution in [0.25, 0.3) is 0 Å². The molecule has 0 spiro atoms. The number of rotatable bonds is 4. The van der Waals surface area contributed by atoms with Crippen molar-refractivity contribution in [2.24, 2.45) is 0 Å². The maximum absolute atomic E-state index is 12.2. The van der Waals surface area contributed by atoms with Gasteiger partial charge in [-0.05, 0) is 30.7 Å². The first kappa shape index (κ1) is 14.8. The Bertz CT molecular complexity index is 637. The molecule has 0 aliphatic carbocycles. The van der Waals surface area contributed by atoms with Gasteiger partial charge in [-0.3, -0.25) is 9.59 Å². The molecule has 0 saturated heterocycles. The second-order valence-electron chi connectivity index (χ2n) is 4.73. The average molecular weight is 283 g/mol. The Morgan fingerprint density at radius 2 is 1.76 bits per heavy atom. The Kier molecular flexibility index (Phi) is 4.72. The molecule has 2 rings (SSSR count). The summed E-state index contributed by atoms with van der Waals surface area (Å²) in [6.45, 7) is 3.24. The number of nitrogens with one attached hydrogen (secondary N) is 1. The first-order valence-electron chi connectivity index (χ1n) is 6.70. The Morgan fingerprint density at radius 3 is 2.43 bits per heavy atom. The fourth-order valence-corrected chi connectivity index (χ4v) is 1.97. The van der Waals surface area contributed by atoms with Gasteiger partial charge in [-0.1, -0.05) is 36.4 Å². The first-order chi connectivity index (χ1) is 10.1. The van der Waals surface area contributed by atoms with E-state index in [0.717, 1.165) is 5.56 Å². The fourth-order valence-electron chi connectivity index (χ4n) is 1.97. The van der Waals surface area contributed by atoms with Crippen molar-refractivity contribution in [1.82, 2.24) is 5.32 Å². The smallest absolute Gasteiger partial charge is 0.308 e. The molecule has 1 atom stereocenters. The summed E-state index contributed by atoms with van der Waals surface area (Å²) in [5.41, 5.74) is 1.48. The molecule has 0 fully saturated rings. The minimum Gasteiger partial charge on any atom is -0.427 e. The SMILES string of the molecule is CC(=O)Oc1cccc(C(=O)N[C@@H](C)c2ccccc2)c1. The molecule has 108 valence electrons. The lowest BCUT2D eigenvalue weighted by Crippen LogP contribution is -2.26. The van der Waals surface area contributed by atoms with Crippen molar-refractivity contribution in [2.75, 3.05) is 0 Å². The summed E-state index contributed by atoms with van der Waals surface area (Å²) >= 11 is 0. The molecule has 0 aliphatic rings. The van der Waals surface area contributed by atoms with Crippen LogP contribution in [-0.4, -0.2) is 11.9 Å². The van der Waals surface area contributed by atoms with Crippen LogP contribution in [0.4, 0.5) is 0 Å². The summed E-state index contributed by atoms with van der Waals surface area (Å²) in [6.07, 6.45) is 0. The van der Waals surface area contributed by atoms with Gasteiger partial charge in [-0.15, -0.1) is 0 Å². The maximum Gasteiger partial charge on any atom is 0.308 e. The fraction of sp³-hybridized carbons (Fsp3) is 0.176. The summed E-state index contributed by atoms with van der Waals surface area (Å²) in [7, 11) is 0. The van der Waals surface area contributed by atoms with E-state index < -0.39 is 5.97 Å². The van der Waals surface area contributed by atoms with Gasteiger partial charge in [0, 0.05) is 12.5 Å². The quantitative estimate of drug-likeness (QED) is 0.693. The van der Waals surface area contributed by atoms with Crippen molar-refractivity contribution in [1.29, 1.82) is 0 Å². The molecule has 0 radical (unpaired) electrons. The highest BCUT2D eigenvalue weighted by molar-refractivity contribution is 5.95. The molecule has 2 aromatic carbocycles. The molecule has 0 aliphatic heterocycles. The molecule has 0 unspecified atom stereocenters. The van der Waals surface area contributed by atoms with Gasteiger partial charge in [-0.25, -0.2) is 0 Å². The van der Waals surface area contributed by atoms with E-state index in [2.05, 4.69) is 5.32 Å². The van der Waals surface area contributed by atoms with Crippen molar-refractivity contribution in [3.63, 3.8) is 0 Å². The van der Waals surface area contributed by atoms with E-state index in [9.17, 15) is 9.59 Å². The van der Waals surface area contributed by atoms with Crippen LogP contribution in [-0.2, 0) is 4.79 Å². The summed E-state index contributed by atoms with van der Waals surface area (Å²) in [6, 6.07) is 16.2. The second-order valence-corrected chi connectivity index (χ2v) is 4.73. The lowest BCUT2D eigenvalue weighted by atomic mass is 10.1. The molecule has 4 heteroatoms. The molecule has 0 heterocycles. The van der Waals surface area contributed by atoms with E-state index in [0.29, 0.717) is 11.3 Å². The van der Waals surface area contributed by atoms with Crippen LogP contribution in [0.3, 0.4) is 0 Å². The molecule has 21 heavy (non-hydrogen) atoms. The van der Waals surface area contributed by atoms with E-state index >= 15 is 0 Å². The van der Waals surface area contributed by atoms with Crippen molar-refractivity contribution in [2.45, 2.75) is 19.9 Å². The number of ether oxygens (including phenoxy) is 1. The highest BCUT2D eigenvalue weighted by Gasteiger charge is 2.12. The summed E-state index contributed by atoms with van der Waals surface area (Å²) in [5.74, 6) is -0.256. The van der Waals surface area contributed by atoms with Crippen LogP contribution in [0.5, 0.6) is 5.75 Å². The van der Waals surface area contributed by atoms with Crippen molar-refractivity contribution in [3.05, 3.63) is 65.7 Å². The standard InChI is InChI=1S/C17H17NO3/c1-12(14-7-4-3-5-8-14)18-17(20)15-9-6-10-16(11-15)21-13(2)19/h3-12H,1-2H3,(H,18,20)/t12-/m0/s1. The van der Waals surface area contributed by atoms with Gasteiger partial charge in [0.15, 0.2) is 0 Å². The zero-order valence-corrected chi connectivity index (χ0v) is 12.0. The Labute approximate surface area is 123 Å². The Morgan fingerprint density at radius 1 is 1.05 bits per heavy atom. The van der Waals surface area contributed by atoms with E-state index in [-0.39, 0.29) is 11.9 Å². The minimum atomic E-state index is -0.412. The van der Waals surface area contributed by atoms with Gasteiger partial charge < -0.3 is 10.1 Å². The molecule has 1 N–H and O–H groups in total. The number of carbonyl (C=O) groups excluding carboxylic acids is 2. The zero-order valence-electron chi connectivity index (χ0n) is 12.0. The van der Waals surface area contributed by atoms with E-state index in [4.69, 9.17) is 4.74 Å². The highest BCUT2D eigenvalue weighted by atomic mass is 16.5. The molecule has 2 aromatic rings. The molecule has 4 nitrogen and oxygen atoms in total. The van der Waals surface area contributed by atoms with Gasteiger partial charge in [0.05, 0.1) is 6.04 Å². The number of hydrogen-bond donors (Lipinski definition) is 1. The maximum atomic E-state index is 12.2. The van der Waals surface area contributed by atoms with Crippen molar-refractivity contribution < 1.29 is 14.3 Å². The van der Waals surface area contributed by atoms with E-state index in [1.807, 2.05) is 37.3 Å². The van der Waals surface area contributed by atoms with E-state index in [1.54, 1.807) is 24.3 Å². The first-order valence-corrected chi connectivity index (χ1v) is 6.70. The molecular weight excluding hydrogens is 266 g/mol. The third-order valence-corrected chi connectivity index (χ3v) is 3.00. The van der Waals surface area contributed by atoms with Crippen LogP contribution in [0.2, 0.25) is 0 Å². The van der Waals surface area contributed by atoms with Gasteiger partial charge >= 0.3 is 5.97 Å². The molecule has 0 saturated carbocycles. The molecule has 1 amide bonds. The monoisotopic (exact) mass is 283 g/mol. The minimum absolute atomic E-state index is 0.101. The highest BCUT2D eigenvalue weighted by Crippen LogP contribution is 2.16. The third-order valence-electron chi connectivity index (χ3n) is 3.00. The molecule has 0 aromatic heterocycles. The largest absolute Gasteiger partial charge is 0.427 e. The van der Waals surface area contributed by atoms with Gasteiger partial charge in [0.1, 0.15) is 5.75 Å². The lowest BCUT2D eigenvalue weighted by Gasteiger charge is -2.14. The second kappa shape index (κ2) is 6.70. The van der Waals surface area contributed by atoms with Crippen LogP contribution < -0.4 is 10.1 Å². The number of amides is 1. The third kappa shape index (κ3) is 4.18. The number of esters is 1. The van der Waals surface area contributed by atoms with Crippen LogP contribution in [0.15, 0.2) is 54.6 Å². The van der Waals surface area contributed by atoms with Gasteiger partial charge in [0.2, 0.25) is 0 Å². The Balaban J connectivity index is 2.08. The van der Waals surface area contributed by atoms with Crippen molar-refractivity contribution in [3.8, 4) is 5.75 Å². The average Bonchev–Trinajstić information content (AvgIpc) is 2.47. The Hall–Kier alpha value is -2.62. The predicted molar refractivity (Wildman–Crippen MR) is 80.1 cm³/mol.